The van der Waals surface area contributed by atoms with Crippen LogP contribution in [0.5, 0.6) is 0 Å². The van der Waals surface area contributed by atoms with E-state index in [0.29, 0.717) is 31.3 Å². The molecule has 0 saturated carbocycles. The molecule has 3 aliphatic heterocycles. The molecular weight excluding hydrogens is 438 g/mol. The number of aliphatic hydroxyl groups is 2. The number of piperidine rings is 1. The summed E-state index contributed by atoms with van der Waals surface area (Å²) in [7, 11) is 0. The summed E-state index contributed by atoms with van der Waals surface area (Å²) in [6.07, 6.45) is 12.3. The molecule has 0 aromatic heterocycles. The average Bonchev–Trinajstić information content (AvgIpc) is 3.17. The Kier molecular flexibility index (Phi) is 10.8. The summed E-state index contributed by atoms with van der Waals surface area (Å²) in [6, 6.07) is 0.990. The van der Waals surface area contributed by atoms with Gasteiger partial charge in [0.1, 0.15) is 0 Å². The van der Waals surface area contributed by atoms with E-state index in [4.69, 9.17) is 10.2 Å². The van der Waals surface area contributed by atoms with Gasteiger partial charge in [-0.1, -0.05) is 6.42 Å². The smallest absolute Gasteiger partial charge is 0.0979 e. The topological polar surface area (TPSA) is 65.5 Å². The van der Waals surface area contributed by atoms with Crippen molar-refractivity contribution >= 4 is 0 Å². The zero-order valence-electron chi connectivity index (χ0n) is 16.5. The van der Waals surface area contributed by atoms with Crippen LogP contribution in [0.2, 0.25) is 0 Å². The summed E-state index contributed by atoms with van der Waals surface area (Å²) in [5, 5.41) is 22.0. The molecule has 3 atom stereocenters. The first kappa shape index (κ1) is 24.3. The Labute approximate surface area is 180 Å². The van der Waals surface area contributed by atoms with E-state index in [9.17, 15) is 0 Å². The van der Waals surface area contributed by atoms with Crippen molar-refractivity contribution in [2.45, 2.75) is 44.4 Å². The monoisotopic (exact) mass is 472 g/mol. The van der Waals surface area contributed by atoms with Crippen molar-refractivity contribution < 1.29 is 32.6 Å². The summed E-state index contributed by atoms with van der Waals surface area (Å²) in [4.78, 5) is 8.77. The molecule has 0 amide bonds. The normalized spacial score (nSPS) is 27.1. The Morgan fingerprint density at radius 1 is 0.926 bits per heavy atom. The molecule has 8 heteroatoms. The number of β-amino-alcohol motifs (C(OH)–C–C–N with tert-alkyl or cyclic N) is 2. The van der Waals surface area contributed by atoms with E-state index >= 15 is 0 Å². The van der Waals surface area contributed by atoms with Gasteiger partial charge in [0.05, 0.1) is 19.4 Å². The summed E-state index contributed by atoms with van der Waals surface area (Å²) >= 11 is 0. The molecule has 3 N–H and O–H groups in total. The van der Waals surface area contributed by atoms with Crippen molar-refractivity contribution in [3.05, 3.63) is 38.9 Å². The third-order valence-electron chi connectivity index (χ3n) is 5.31. The van der Waals surface area contributed by atoms with Crippen molar-refractivity contribution in [1.82, 2.24) is 24.9 Å². The first-order valence-electron chi connectivity index (χ1n) is 9.42. The van der Waals surface area contributed by atoms with E-state index < -0.39 is 0 Å². The molecule has 1 fully saturated rings. The van der Waals surface area contributed by atoms with Gasteiger partial charge in [-0.15, -0.1) is 0 Å². The van der Waals surface area contributed by atoms with Crippen LogP contribution in [0.25, 0.3) is 0 Å². The molecule has 27 heavy (non-hydrogen) atoms. The fourth-order valence-electron chi connectivity index (χ4n) is 3.90. The summed E-state index contributed by atoms with van der Waals surface area (Å²) in [6.45, 7) is 7.94. The van der Waals surface area contributed by atoms with Gasteiger partial charge in [-0.2, -0.15) is 6.67 Å². The van der Waals surface area contributed by atoms with Crippen LogP contribution in [0, 0.1) is 14.1 Å². The molecule has 3 unspecified atom stereocenters. The molecule has 0 aliphatic carbocycles. The summed E-state index contributed by atoms with van der Waals surface area (Å²) in [5.41, 5.74) is 0. The maximum atomic E-state index is 9.14. The van der Waals surface area contributed by atoms with Crippen LogP contribution in [0.4, 0.5) is 0 Å². The van der Waals surface area contributed by atoms with E-state index in [-0.39, 0.29) is 43.0 Å². The van der Waals surface area contributed by atoms with Gasteiger partial charge in [0, 0.05) is 73.0 Å². The van der Waals surface area contributed by atoms with E-state index in [1.165, 1.54) is 19.3 Å². The van der Waals surface area contributed by atoms with Crippen molar-refractivity contribution in [1.29, 1.82) is 0 Å². The quantitative estimate of drug-likeness (QED) is 0.352. The van der Waals surface area contributed by atoms with Crippen molar-refractivity contribution in [2.75, 3.05) is 39.4 Å². The van der Waals surface area contributed by atoms with Crippen LogP contribution in [0.3, 0.4) is 0 Å². The van der Waals surface area contributed by atoms with Crippen LogP contribution in [-0.2, 0) is 22.4 Å². The standard InChI is InChI=1S/C18H32N5O2.CH3.Ag/c1-16-22(10-12-25)7-8-23(16)14-18-4-2-3-17(19-18)13-21-6-5-20(15-21)9-11-24;;/h5-8,15-19,24-25H,2-4,9-14H2,1H3;1H3;/q2*-1;. The molecule has 7 nitrogen and oxygen atoms in total. The Morgan fingerprint density at radius 3 is 2.26 bits per heavy atom. The molecule has 0 aromatic rings. The third kappa shape index (κ3) is 6.69. The minimum absolute atomic E-state index is 0. The van der Waals surface area contributed by atoms with Gasteiger partial charge in [-0.25, -0.2) is 0 Å². The van der Waals surface area contributed by atoms with Crippen molar-refractivity contribution in [2.24, 2.45) is 0 Å². The summed E-state index contributed by atoms with van der Waals surface area (Å²) in [5.74, 6) is 0. The first-order chi connectivity index (χ1) is 12.2. The molecule has 3 aliphatic rings. The van der Waals surface area contributed by atoms with Crippen molar-refractivity contribution in [3.63, 3.8) is 0 Å². The van der Waals surface area contributed by atoms with Gasteiger partial charge in [0.2, 0.25) is 0 Å². The Balaban J connectivity index is 0.00000182. The van der Waals surface area contributed by atoms with E-state index in [1.807, 2.05) is 11.1 Å². The number of aliphatic hydroxyl groups excluding tert-OH is 2. The zero-order chi connectivity index (χ0) is 17.6. The van der Waals surface area contributed by atoms with Gasteiger partial charge in [-0.05, 0) is 32.2 Å². The fraction of sp³-hybridized carbons (Fsp3) is 0.684. The number of rotatable bonds is 8. The first-order valence-corrected chi connectivity index (χ1v) is 9.42. The predicted octanol–water partition coefficient (Wildman–Crippen LogP) is 0.572. The second kappa shape index (κ2) is 12.0. The fourth-order valence-corrected chi connectivity index (χ4v) is 3.90. The number of nitrogens with zero attached hydrogens (tertiary/aromatic N) is 4. The number of hydrogen-bond acceptors (Lipinski definition) is 7. The maximum absolute atomic E-state index is 9.14. The Bertz CT molecular complexity index is 479. The molecule has 0 aromatic carbocycles. The van der Waals surface area contributed by atoms with Gasteiger partial charge in [0.15, 0.2) is 0 Å². The molecule has 0 spiro atoms. The van der Waals surface area contributed by atoms with E-state index in [1.54, 1.807) is 0 Å². The SMILES string of the molecule is CC1N(CCO)C=CN1CC1CCCC(CN2C=CN(CCO)[CH-]2)N1.[Ag].[CH3-]. The number of nitrogens with one attached hydrogen (secondary N) is 1. The van der Waals surface area contributed by atoms with E-state index in [0.717, 1.165) is 13.1 Å². The van der Waals surface area contributed by atoms with Gasteiger partial charge in [0.25, 0.3) is 0 Å². The summed E-state index contributed by atoms with van der Waals surface area (Å²) < 4.78 is 0. The largest absolute Gasteiger partial charge is 0.507 e. The van der Waals surface area contributed by atoms with Crippen LogP contribution in [-0.4, -0.2) is 87.5 Å². The Morgan fingerprint density at radius 2 is 1.56 bits per heavy atom. The van der Waals surface area contributed by atoms with Crippen LogP contribution in [0.1, 0.15) is 26.2 Å². The van der Waals surface area contributed by atoms with Crippen molar-refractivity contribution in [3.8, 4) is 0 Å². The zero-order valence-corrected chi connectivity index (χ0v) is 17.9. The van der Waals surface area contributed by atoms with Gasteiger partial charge >= 0.3 is 0 Å². The molecule has 161 valence electrons. The average molecular weight is 473 g/mol. The van der Waals surface area contributed by atoms with Crippen LogP contribution >= 0.6 is 0 Å². The van der Waals surface area contributed by atoms with Gasteiger partial charge in [-0.3, -0.25) is 0 Å². The molecular formula is C19H35AgN5O2-2. The molecule has 1 radical (unpaired) electrons. The number of hydrogen-bond donors (Lipinski definition) is 3. The molecule has 0 bridgehead atoms. The second-order valence-corrected chi connectivity index (χ2v) is 7.15. The van der Waals surface area contributed by atoms with Gasteiger partial charge < -0.3 is 42.6 Å². The van der Waals surface area contributed by atoms with Crippen LogP contribution in [0.15, 0.2) is 24.8 Å². The maximum Gasteiger partial charge on any atom is 0.0979 e. The molecule has 1 saturated heterocycles. The Hall–Kier alpha value is -0.700. The molecule has 3 rings (SSSR count). The third-order valence-corrected chi connectivity index (χ3v) is 5.31. The predicted molar refractivity (Wildman–Crippen MR) is 104 cm³/mol. The molecule has 3 heterocycles. The minimum atomic E-state index is 0. The van der Waals surface area contributed by atoms with Crippen LogP contribution < -0.4 is 5.32 Å². The minimum Gasteiger partial charge on any atom is -0.507 e. The van der Waals surface area contributed by atoms with E-state index in [2.05, 4.69) is 52.2 Å². The second-order valence-electron chi connectivity index (χ2n) is 7.15.